The minimum absolute atomic E-state index is 0.0661. The molecule has 0 aliphatic carbocycles. The highest BCUT2D eigenvalue weighted by molar-refractivity contribution is 5.75. The van der Waals surface area contributed by atoms with Crippen molar-refractivity contribution in [1.82, 2.24) is 5.32 Å². The summed E-state index contributed by atoms with van der Waals surface area (Å²) < 4.78 is 18.4. The molecule has 2 N–H and O–H groups in total. The van der Waals surface area contributed by atoms with Crippen LogP contribution in [0.25, 0.3) is 0 Å². The third-order valence-electron chi connectivity index (χ3n) is 2.30. The number of benzene rings is 1. The fourth-order valence-corrected chi connectivity index (χ4v) is 1.37. The van der Waals surface area contributed by atoms with Crippen LogP contribution in [0.4, 0.5) is 4.39 Å². The van der Waals surface area contributed by atoms with Crippen molar-refractivity contribution in [3.05, 3.63) is 30.1 Å². The van der Waals surface area contributed by atoms with E-state index in [1.807, 2.05) is 0 Å². The normalized spacial score (nSPS) is 10.1. The SMILES string of the molecule is O=C(CCCOc1ccccc1F)NCCCO. The second kappa shape index (κ2) is 8.47. The lowest BCUT2D eigenvalue weighted by molar-refractivity contribution is -0.121. The minimum atomic E-state index is -0.398. The molecule has 0 saturated heterocycles. The van der Waals surface area contributed by atoms with Crippen molar-refractivity contribution in [1.29, 1.82) is 0 Å². The van der Waals surface area contributed by atoms with Gasteiger partial charge in [-0.2, -0.15) is 0 Å². The Morgan fingerprint density at radius 1 is 1.33 bits per heavy atom. The van der Waals surface area contributed by atoms with E-state index in [0.717, 1.165) is 0 Å². The Bertz CT molecular complexity index is 371. The van der Waals surface area contributed by atoms with Crippen molar-refractivity contribution in [3.8, 4) is 5.75 Å². The second-order valence-corrected chi connectivity index (χ2v) is 3.81. The van der Waals surface area contributed by atoms with Crippen molar-refractivity contribution < 1.29 is 19.0 Å². The van der Waals surface area contributed by atoms with E-state index in [0.29, 0.717) is 32.4 Å². The largest absolute Gasteiger partial charge is 0.491 e. The molecule has 0 unspecified atom stereocenters. The average Bonchev–Trinajstić information content (AvgIpc) is 2.37. The van der Waals surface area contributed by atoms with Gasteiger partial charge in [0.25, 0.3) is 0 Å². The van der Waals surface area contributed by atoms with E-state index in [2.05, 4.69) is 5.32 Å². The van der Waals surface area contributed by atoms with Crippen molar-refractivity contribution in [2.75, 3.05) is 19.8 Å². The number of carbonyl (C=O) groups excluding carboxylic acids is 1. The maximum atomic E-state index is 13.2. The van der Waals surface area contributed by atoms with Gasteiger partial charge in [0, 0.05) is 19.6 Å². The third-order valence-corrected chi connectivity index (χ3v) is 2.30. The van der Waals surface area contributed by atoms with E-state index in [-0.39, 0.29) is 18.3 Å². The number of halogens is 1. The van der Waals surface area contributed by atoms with Gasteiger partial charge >= 0.3 is 0 Å². The minimum Gasteiger partial charge on any atom is -0.491 e. The standard InChI is InChI=1S/C13H18FNO3/c14-11-5-1-2-6-12(11)18-10-3-7-13(17)15-8-4-9-16/h1-2,5-6,16H,3-4,7-10H2,(H,15,17). The van der Waals surface area contributed by atoms with Crippen LogP contribution in [0.5, 0.6) is 5.75 Å². The van der Waals surface area contributed by atoms with Crippen molar-refractivity contribution in [3.63, 3.8) is 0 Å². The summed E-state index contributed by atoms with van der Waals surface area (Å²) in [5, 5.41) is 11.2. The Kier molecular flexibility index (Phi) is 6.79. The Hall–Kier alpha value is -1.62. The summed E-state index contributed by atoms with van der Waals surface area (Å²) in [6.07, 6.45) is 1.41. The van der Waals surface area contributed by atoms with Crippen molar-refractivity contribution >= 4 is 5.91 Å². The summed E-state index contributed by atoms with van der Waals surface area (Å²) in [5.74, 6) is -0.274. The molecule has 0 aliphatic heterocycles. The molecule has 0 heterocycles. The summed E-state index contributed by atoms with van der Waals surface area (Å²) in [6.45, 7) is 0.842. The lowest BCUT2D eigenvalue weighted by Crippen LogP contribution is -2.25. The zero-order valence-electron chi connectivity index (χ0n) is 10.2. The molecule has 0 aromatic heterocycles. The molecule has 0 atom stereocenters. The molecule has 1 amide bonds. The molecule has 0 radical (unpaired) electrons. The number of para-hydroxylation sites is 1. The highest BCUT2D eigenvalue weighted by atomic mass is 19.1. The molecule has 0 spiro atoms. The van der Waals surface area contributed by atoms with E-state index < -0.39 is 5.82 Å². The first-order chi connectivity index (χ1) is 8.74. The molecule has 1 aromatic carbocycles. The Labute approximate surface area is 106 Å². The summed E-state index contributed by atoms with van der Waals surface area (Å²) in [6, 6.07) is 6.17. The van der Waals surface area contributed by atoms with Gasteiger partial charge in [0.05, 0.1) is 6.61 Å². The van der Waals surface area contributed by atoms with Gasteiger partial charge in [-0.3, -0.25) is 4.79 Å². The number of ether oxygens (including phenoxy) is 1. The summed E-state index contributed by atoms with van der Waals surface area (Å²) in [4.78, 5) is 11.3. The number of amides is 1. The molecule has 100 valence electrons. The molecule has 1 rings (SSSR count). The molecule has 0 aliphatic rings. The van der Waals surface area contributed by atoms with Gasteiger partial charge in [-0.15, -0.1) is 0 Å². The summed E-state index contributed by atoms with van der Waals surface area (Å²) >= 11 is 0. The predicted molar refractivity (Wildman–Crippen MR) is 65.8 cm³/mol. The first kappa shape index (κ1) is 14.4. The molecule has 0 bridgehead atoms. The Balaban J connectivity index is 2.12. The smallest absolute Gasteiger partial charge is 0.220 e. The van der Waals surface area contributed by atoms with Crippen LogP contribution in [0.15, 0.2) is 24.3 Å². The molecular weight excluding hydrogens is 237 g/mol. The number of nitrogens with one attached hydrogen (secondary N) is 1. The van der Waals surface area contributed by atoms with Crippen LogP contribution in [-0.2, 0) is 4.79 Å². The molecule has 4 nitrogen and oxygen atoms in total. The first-order valence-electron chi connectivity index (χ1n) is 5.99. The number of hydrogen-bond donors (Lipinski definition) is 2. The number of hydrogen-bond acceptors (Lipinski definition) is 3. The third kappa shape index (κ3) is 5.63. The summed E-state index contributed by atoms with van der Waals surface area (Å²) in [7, 11) is 0. The van der Waals surface area contributed by atoms with E-state index in [4.69, 9.17) is 9.84 Å². The van der Waals surface area contributed by atoms with Gasteiger partial charge in [-0.25, -0.2) is 4.39 Å². The highest BCUT2D eigenvalue weighted by Gasteiger charge is 2.03. The fourth-order valence-electron chi connectivity index (χ4n) is 1.37. The average molecular weight is 255 g/mol. The number of carbonyl (C=O) groups is 1. The van der Waals surface area contributed by atoms with Crippen LogP contribution >= 0.6 is 0 Å². The van der Waals surface area contributed by atoms with E-state index in [9.17, 15) is 9.18 Å². The van der Waals surface area contributed by atoms with E-state index in [1.54, 1.807) is 18.2 Å². The molecule has 5 heteroatoms. The molecular formula is C13H18FNO3. The van der Waals surface area contributed by atoms with E-state index >= 15 is 0 Å². The van der Waals surface area contributed by atoms with Crippen LogP contribution in [0.1, 0.15) is 19.3 Å². The zero-order valence-corrected chi connectivity index (χ0v) is 10.2. The van der Waals surface area contributed by atoms with Crippen molar-refractivity contribution in [2.24, 2.45) is 0 Å². The maximum Gasteiger partial charge on any atom is 0.220 e. The van der Waals surface area contributed by atoms with Crippen LogP contribution in [0.2, 0.25) is 0 Å². The molecule has 18 heavy (non-hydrogen) atoms. The van der Waals surface area contributed by atoms with Crippen LogP contribution in [0, 0.1) is 5.82 Å². The van der Waals surface area contributed by atoms with Crippen LogP contribution < -0.4 is 10.1 Å². The first-order valence-corrected chi connectivity index (χ1v) is 5.99. The quantitative estimate of drug-likeness (QED) is 0.692. The molecule has 1 aromatic rings. The van der Waals surface area contributed by atoms with Gasteiger partial charge in [0.1, 0.15) is 0 Å². The maximum absolute atomic E-state index is 13.2. The molecule has 0 fully saturated rings. The number of rotatable bonds is 8. The van der Waals surface area contributed by atoms with Crippen LogP contribution in [-0.4, -0.2) is 30.8 Å². The van der Waals surface area contributed by atoms with Gasteiger partial charge in [0.2, 0.25) is 5.91 Å². The highest BCUT2D eigenvalue weighted by Crippen LogP contribution is 2.15. The lowest BCUT2D eigenvalue weighted by atomic mass is 10.3. The van der Waals surface area contributed by atoms with Gasteiger partial charge < -0.3 is 15.2 Å². The molecule has 0 saturated carbocycles. The van der Waals surface area contributed by atoms with Crippen LogP contribution in [0.3, 0.4) is 0 Å². The van der Waals surface area contributed by atoms with Crippen molar-refractivity contribution in [2.45, 2.75) is 19.3 Å². The van der Waals surface area contributed by atoms with E-state index in [1.165, 1.54) is 6.07 Å². The van der Waals surface area contributed by atoms with Gasteiger partial charge in [-0.1, -0.05) is 12.1 Å². The topological polar surface area (TPSA) is 58.6 Å². The lowest BCUT2D eigenvalue weighted by Gasteiger charge is -2.07. The second-order valence-electron chi connectivity index (χ2n) is 3.81. The predicted octanol–water partition coefficient (Wildman–Crippen LogP) is 1.48. The van der Waals surface area contributed by atoms with Gasteiger partial charge in [0.15, 0.2) is 11.6 Å². The number of aliphatic hydroxyl groups excluding tert-OH is 1. The Morgan fingerprint density at radius 3 is 2.83 bits per heavy atom. The van der Waals surface area contributed by atoms with Gasteiger partial charge in [-0.05, 0) is 25.0 Å². The number of aliphatic hydroxyl groups is 1. The monoisotopic (exact) mass is 255 g/mol. The zero-order chi connectivity index (χ0) is 13.2. The summed E-state index contributed by atoms with van der Waals surface area (Å²) in [5.41, 5.74) is 0. The Morgan fingerprint density at radius 2 is 2.11 bits per heavy atom. The fraction of sp³-hybridized carbons (Fsp3) is 0.462.